The van der Waals surface area contributed by atoms with E-state index in [0.29, 0.717) is 17.3 Å². The summed E-state index contributed by atoms with van der Waals surface area (Å²) in [6, 6.07) is 6.71. The molecule has 0 radical (unpaired) electrons. The summed E-state index contributed by atoms with van der Waals surface area (Å²) < 4.78 is 6.30. The minimum absolute atomic E-state index is 0.0265. The Kier molecular flexibility index (Phi) is 5.16. The number of carbonyl (C=O) groups excluding carboxylic acids is 2. The Balaban J connectivity index is 1.78. The maximum atomic E-state index is 12.5. The number of esters is 1. The van der Waals surface area contributed by atoms with Crippen molar-refractivity contribution in [3.8, 4) is 0 Å². The van der Waals surface area contributed by atoms with Gasteiger partial charge in [-0.3, -0.25) is 9.59 Å². The summed E-state index contributed by atoms with van der Waals surface area (Å²) in [6.45, 7) is 2.06. The normalized spacial score (nSPS) is 13.5. The van der Waals surface area contributed by atoms with Crippen LogP contribution in [0.4, 0.5) is 0 Å². The number of likely N-dealkylation sites (N-methyl/N-ethyl adjacent to an activating group) is 1. The first-order valence-corrected chi connectivity index (χ1v) is 8.65. The van der Waals surface area contributed by atoms with Crippen LogP contribution in [0.25, 0.3) is 10.8 Å². The number of aryl methyl sites for hydroxylation is 1. The molecule has 0 aliphatic heterocycles. The van der Waals surface area contributed by atoms with Crippen LogP contribution < -0.4 is 5.56 Å². The van der Waals surface area contributed by atoms with Crippen molar-refractivity contribution in [2.24, 2.45) is 7.05 Å². The van der Waals surface area contributed by atoms with Gasteiger partial charge in [0.2, 0.25) is 0 Å². The number of nitrogens with zero attached hydrogens (tertiary/aromatic N) is 3. The zero-order valence-corrected chi connectivity index (χ0v) is 14.9. The van der Waals surface area contributed by atoms with Crippen LogP contribution in [0, 0.1) is 0 Å². The molecular formula is C19H21N3O4. The van der Waals surface area contributed by atoms with Crippen LogP contribution in [0.3, 0.4) is 0 Å². The van der Waals surface area contributed by atoms with Crippen LogP contribution in [0.5, 0.6) is 0 Å². The lowest BCUT2D eigenvalue weighted by molar-refractivity contribution is -0.132. The molecule has 0 atom stereocenters. The van der Waals surface area contributed by atoms with Gasteiger partial charge in [0.25, 0.3) is 11.5 Å². The van der Waals surface area contributed by atoms with Crippen LogP contribution in [-0.2, 0) is 16.6 Å². The number of aromatic nitrogens is 2. The summed E-state index contributed by atoms with van der Waals surface area (Å²) in [5.74, 6) is -0.982. The van der Waals surface area contributed by atoms with E-state index in [2.05, 4.69) is 5.10 Å². The number of allylic oxidation sites excluding steroid dienone is 2. The Hall–Kier alpha value is -2.96. The first-order chi connectivity index (χ1) is 12.5. The standard InChI is InChI=1S/C19H21N3O4/c1-3-22(13-8-4-5-9-13)16(23)12-26-19(25)17-14-10-6-7-11-15(14)18(24)21(2)20-17/h6-8,10-11H,3-5,9,12H2,1-2H3. The second kappa shape index (κ2) is 7.51. The molecule has 2 aromatic rings. The average Bonchev–Trinajstić information content (AvgIpc) is 3.17. The number of fused-ring (bicyclic) bond motifs is 1. The Bertz CT molecular complexity index is 945. The third-order valence-electron chi connectivity index (χ3n) is 4.46. The van der Waals surface area contributed by atoms with E-state index in [4.69, 9.17) is 4.74 Å². The van der Waals surface area contributed by atoms with Gasteiger partial charge in [0.05, 0.1) is 5.39 Å². The van der Waals surface area contributed by atoms with Crippen LogP contribution in [0.1, 0.15) is 36.7 Å². The van der Waals surface area contributed by atoms with Gasteiger partial charge in [-0.2, -0.15) is 5.10 Å². The molecule has 1 heterocycles. The quantitative estimate of drug-likeness (QED) is 0.766. The summed E-state index contributed by atoms with van der Waals surface area (Å²) >= 11 is 0. The summed E-state index contributed by atoms with van der Waals surface area (Å²) in [5, 5.41) is 4.81. The highest BCUT2D eigenvalue weighted by molar-refractivity contribution is 6.02. The molecule has 1 aliphatic rings. The average molecular weight is 355 g/mol. The van der Waals surface area contributed by atoms with E-state index >= 15 is 0 Å². The Labute approximate surface area is 150 Å². The third kappa shape index (κ3) is 3.37. The monoisotopic (exact) mass is 355 g/mol. The van der Waals surface area contributed by atoms with Gasteiger partial charge in [-0.15, -0.1) is 0 Å². The van der Waals surface area contributed by atoms with Crippen LogP contribution >= 0.6 is 0 Å². The molecule has 0 saturated heterocycles. The van der Waals surface area contributed by atoms with Gasteiger partial charge in [0, 0.05) is 24.7 Å². The fraction of sp³-hybridized carbons (Fsp3) is 0.368. The van der Waals surface area contributed by atoms with Gasteiger partial charge in [0.1, 0.15) is 0 Å². The van der Waals surface area contributed by atoms with E-state index in [9.17, 15) is 14.4 Å². The zero-order chi connectivity index (χ0) is 18.7. The van der Waals surface area contributed by atoms with Gasteiger partial charge in [0.15, 0.2) is 12.3 Å². The fourth-order valence-electron chi connectivity index (χ4n) is 3.16. The molecule has 1 aromatic carbocycles. The summed E-state index contributed by atoms with van der Waals surface area (Å²) in [7, 11) is 1.47. The van der Waals surface area contributed by atoms with Crippen molar-refractivity contribution in [2.45, 2.75) is 26.2 Å². The molecule has 3 rings (SSSR count). The summed E-state index contributed by atoms with van der Waals surface area (Å²) in [5.41, 5.74) is 0.719. The van der Waals surface area contributed by atoms with Gasteiger partial charge >= 0.3 is 5.97 Å². The summed E-state index contributed by atoms with van der Waals surface area (Å²) in [6.07, 6.45) is 4.91. The van der Waals surface area contributed by atoms with Crippen molar-refractivity contribution in [1.82, 2.24) is 14.7 Å². The van der Waals surface area contributed by atoms with E-state index in [1.165, 1.54) is 7.05 Å². The third-order valence-corrected chi connectivity index (χ3v) is 4.46. The number of ether oxygens (including phenoxy) is 1. The van der Waals surface area contributed by atoms with E-state index in [-0.39, 0.29) is 23.8 Å². The molecule has 0 bridgehead atoms. The van der Waals surface area contributed by atoms with Crippen molar-refractivity contribution >= 4 is 22.6 Å². The minimum atomic E-state index is -0.721. The van der Waals surface area contributed by atoms with Crippen molar-refractivity contribution in [3.05, 3.63) is 52.1 Å². The molecular weight excluding hydrogens is 334 g/mol. The maximum absolute atomic E-state index is 12.5. The van der Waals surface area contributed by atoms with E-state index in [1.807, 2.05) is 13.0 Å². The predicted octanol–water partition coefficient (Wildman–Crippen LogP) is 2.01. The van der Waals surface area contributed by atoms with Crippen LogP contribution in [0.15, 0.2) is 40.8 Å². The van der Waals surface area contributed by atoms with Gasteiger partial charge in [-0.1, -0.05) is 24.3 Å². The number of carbonyl (C=O) groups is 2. The molecule has 7 nitrogen and oxygen atoms in total. The molecule has 0 spiro atoms. The molecule has 7 heteroatoms. The smallest absolute Gasteiger partial charge is 0.359 e. The summed E-state index contributed by atoms with van der Waals surface area (Å²) in [4.78, 5) is 38.7. The molecule has 0 N–H and O–H groups in total. The largest absolute Gasteiger partial charge is 0.451 e. The lowest BCUT2D eigenvalue weighted by atomic mass is 10.1. The second-order valence-corrected chi connectivity index (χ2v) is 6.12. The van der Waals surface area contributed by atoms with Gasteiger partial charge in [-0.05, 0) is 32.3 Å². The first kappa shape index (κ1) is 17.8. The predicted molar refractivity (Wildman–Crippen MR) is 96.6 cm³/mol. The van der Waals surface area contributed by atoms with Crippen molar-refractivity contribution in [1.29, 1.82) is 0 Å². The Morgan fingerprint density at radius 2 is 2.00 bits per heavy atom. The molecule has 0 saturated carbocycles. The number of hydrogen-bond donors (Lipinski definition) is 0. The van der Waals surface area contributed by atoms with E-state index < -0.39 is 5.97 Å². The molecule has 1 amide bonds. The minimum Gasteiger partial charge on any atom is -0.451 e. The fourth-order valence-corrected chi connectivity index (χ4v) is 3.16. The maximum Gasteiger partial charge on any atom is 0.359 e. The highest BCUT2D eigenvalue weighted by Gasteiger charge is 2.22. The number of amides is 1. The lowest BCUT2D eigenvalue weighted by Crippen LogP contribution is -2.34. The number of benzene rings is 1. The highest BCUT2D eigenvalue weighted by atomic mass is 16.5. The van der Waals surface area contributed by atoms with Gasteiger partial charge < -0.3 is 9.64 Å². The van der Waals surface area contributed by atoms with Crippen molar-refractivity contribution < 1.29 is 14.3 Å². The number of hydrogen-bond acceptors (Lipinski definition) is 5. The SMILES string of the molecule is CCN(C(=O)COC(=O)c1nn(C)c(=O)c2ccccc12)C1=CCCC1. The topological polar surface area (TPSA) is 81.5 Å². The van der Waals surface area contributed by atoms with Gasteiger partial charge in [-0.25, -0.2) is 9.48 Å². The first-order valence-electron chi connectivity index (χ1n) is 8.65. The Morgan fingerprint density at radius 3 is 2.65 bits per heavy atom. The number of rotatable bonds is 5. The van der Waals surface area contributed by atoms with Crippen molar-refractivity contribution in [3.63, 3.8) is 0 Å². The van der Waals surface area contributed by atoms with Crippen molar-refractivity contribution in [2.75, 3.05) is 13.2 Å². The van der Waals surface area contributed by atoms with E-state index in [1.54, 1.807) is 29.2 Å². The molecule has 26 heavy (non-hydrogen) atoms. The molecule has 0 unspecified atom stereocenters. The molecule has 0 fully saturated rings. The molecule has 136 valence electrons. The van der Waals surface area contributed by atoms with Crippen LogP contribution in [-0.4, -0.2) is 39.7 Å². The second-order valence-electron chi connectivity index (χ2n) is 6.12. The molecule has 1 aromatic heterocycles. The van der Waals surface area contributed by atoms with Crippen LogP contribution in [0.2, 0.25) is 0 Å². The highest BCUT2D eigenvalue weighted by Crippen LogP contribution is 2.21. The van der Waals surface area contributed by atoms with E-state index in [0.717, 1.165) is 29.6 Å². The lowest BCUT2D eigenvalue weighted by Gasteiger charge is -2.22. The molecule has 1 aliphatic carbocycles. The Morgan fingerprint density at radius 1 is 1.27 bits per heavy atom. The zero-order valence-electron chi connectivity index (χ0n) is 14.9.